The number of carbonyl (C=O) groups excluding carboxylic acids is 1. The first-order valence-electron chi connectivity index (χ1n) is 9.93. The number of anilines is 1. The van der Waals surface area contributed by atoms with Gasteiger partial charge in [-0.05, 0) is 50.3 Å². The van der Waals surface area contributed by atoms with Crippen LogP contribution >= 0.6 is 24.0 Å². The highest BCUT2D eigenvalue weighted by Gasteiger charge is 2.27. The predicted molar refractivity (Wildman–Crippen MR) is 127 cm³/mol. The average molecular weight is 502 g/mol. The van der Waals surface area contributed by atoms with E-state index in [-0.39, 0.29) is 35.9 Å². The summed E-state index contributed by atoms with van der Waals surface area (Å²) in [6.07, 6.45) is 3.76. The van der Waals surface area contributed by atoms with Crippen LogP contribution in [0.1, 0.15) is 31.7 Å². The Bertz CT molecular complexity index is 611. The molecular formula is C21H35IN4O2. The lowest BCUT2D eigenvalue weighted by molar-refractivity contribution is -0.149. The van der Waals surface area contributed by atoms with Crippen LogP contribution in [0, 0.1) is 5.92 Å². The van der Waals surface area contributed by atoms with Crippen molar-refractivity contribution in [3.63, 3.8) is 0 Å². The summed E-state index contributed by atoms with van der Waals surface area (Å²) in [5, 5.41) is 3.46. The Morgan fingerprint density at radius 3 is 2.43 bits per heavy atom. The molecule has 1 aromatic carbocycles. The summed E-state index contributed by atoms with van der Waals surface area (Å²) in [6.45, 7) is 4.89. The number of guanidine groups is 1. The zero-order valence-corrected chi connectivity index (χ0v) is 19.9. The monoisotopic (exact) mass is 502 g/mol. The quantitative estimate of drug-likeness (QED) is 0.204. The fraction of sp³-hybridized carbons (Fsp3) is 0.619. The third kappa shape index (κ3) is 7.48. The molecule has 1 saturated heterocycles. The van der Waals surface area contributed by atoms with Gasteiger partial charge in [0.25, 0.3) is 0 Å². The third-order valence-electron chi connectivity index (χ3n) is 5.00. The Labute approximate surface area is 186 Å². The molecule has 7 heteroatoms. The lowest BCUT2D eigenvalue weighted by atomic mass is 9.97. The number of halogens is 1. The molecule has 1 aromatic rings. The maximum absolute atomic E-state index is 11.9. The molecule has 2 rings (SSSR count). The van der Waals surface area contributed by atoms with E-state index in [0.29, 0.717) is 6.61 Å². The van der Waals surface area contributed by atoms with Gasteiger partial charge >= 0.3 is 5.97 Å². The van der Waals surface area contributed by atoms with E-state index >= 15 is 0 Å². The number of hydrogen-bond acceptors (Lipinski definition) is 4. The molecule has 28 heavy (non-hydrogen) atoms. The maximum atomic E-state index is 11.9. The van der Waals surface area contributed by atoms with E-state index < -0.39 is 0 Å². The summed E-state index contributed by atoms with van der Waals surface area (Å²) in [4.78, 5) is 20.6. The zero-order chi connectivity index (χ0) is 19.6. The van der Waals surface area contributed by atoms with Gasteiger partial charge in [-0.2, -0.15) is 0 Å². The van der Waals surface area contributed by atoms with Gasteiger partial charge in [0.15, 0.2) is 5.96 Å². The molecule has 0 spiro atoms. The third-order valence-corrected chi connectivity index (χ3v) is 5.00. The Morgan fingerprint density at radius 1 is 1.25 bits per heavy atom. The van der Waals surface area contributed by atoms with E-state index in [1.165, 1.54) is 11.3 Å². The Morgan fingerprint density at radius 2 is 1.89 bits per heavy atom. The van der Waals surface area contributed by atoms with Gasteiger partial charge in [0.05, 0.1) is 12.5 Å². The molecular weight excluding hydrogens is 467 g/mol. The highest BCUT2D eigenvalue weighted by atomic mass is 127. The fourth-order valence-electron chi connectivity index (χ4n) is 3.37. The predicted octanol–water partition coefficient (Wildman–Crippen LogP) is 3.15. The summed E-state index contributed by atoms with van der Waals surface area (Å²) in [5.41, 5.74) is 2.58. The second kappa shape index (κ2) is 12.9. The molecule has 6 nitrogen and oxygen atoms in total. The molecule has 1 aliphatic rings. The summed E-state index contributed by atoms with van der Waals surface area (Å²) in [5.74, 6) is 0.907. The summed E-state index contributed by atoms with van der Waals surface area (Å²) in [7, 11) is 5.93. The van der Waals surface area contributed by atoms with Gasteiger partial charge in [0, 0.05) is 46.5 Å². The number of aryl methyl sites for hydroxylation is 1. The van der Waals surface area contributed by atoms with Crippen LogP contribution in [0.15, 0.2) is 29.3 Å². The normalized spacial score (nSPS) is 15.0. The Kier molecular flexibility index (Phi) is 11.3. The molecule has 0 bridgehead atoms. The molecule has 0 amide bonds. The van der Waals surface area contributed by atoms with Gasteiger partial charge in [-0.3, -0.25) is 9.79 Å². The van der Waals surface area contributed by atoms with Gasteiger partial charge in [-0.15, -0.1) is 24.0 Å². The highest BCUT2D eigenvalue weighted by molar-refractivity contribution is 14.0. The van der Waals surface area contributed by atoms with Crippen molar-refractivity contribution in [3.8, 4) is 0 Å². The van der Waals surface area contributed by atoms with Crippen LogP contribution in [0.2, 0.25) is 0 Å². The lowest BCUT2D eigenvalue weighted by Gasteiger charge is -2.33. The molecule has 0 saturated carbocycles. The number of piperidine rings is 1. The summed E-state index contributed by atoms with van der Waals surface area (Å²) in [6, 6.07) is 8.72. The molecule has 0 unspecified atom stereocenters. The van der Waals surface area contributed by atoms with Gasteiger partial charge in [0.1, 0.15) is 0 Å². The lowest BCUT2D eigenvalue weighted by Crippen LogP contribution is -2.47. The molecule has 1 aliphatic heterocycles. The Balaban J connectivity index is 0.00000392. The van der Waals surface area contributed by atoms with Gasteiger partial charge in [-0.25, -0.2) is 0 Å². The van der Waals surface area contributed by atoms with Gasteiger partial charge in [0.2, 0.25) is 0 Å². The van der Waals surface area contributed by atoms with Crippen LogP contribution < -0.4 is 10.2 Å². The van der Waals surface area contributed by atoms with Crippen LogP contribution in [-0.4, -0.2) is 64.2 Å². The number of benzene rings is 1. The number of nitrogens with zero attached hydrogens (tertiary/aromatic N) is 3. The van der Waals surface area contributed by atoms with E-state index in [1.54, 1.807) is 0 Å². The van der Waals surface area contributed by atoms with E-state index in [4.69, 9.17) is 4.74 Å². The van der Waals surface area contributed by atoms with Crippen molar-refractivity contribution in [2.75, 3.05) is 52.3 Å². The largest absolute Gasteiger partial charge is 0.466 e. The number of esters is 1. The van der Waals surface area contributed by atoms with Crippen molar-refractivity contribution in [2.24, 2.45) is 10.9 Å². The second-order valence-corrected chi connectivity index (χ2v) is 7.15. The molecule has 1 heterocycles. The van der Waals surface area contributed by atoms with E-state index in [2.05, 4.69) is 58.5 Å². The van der Waals surface area contributed by atoms with Crippen LogP contribution in [0.4, 0.5) is 5.69 Å². The van der Waals surface area contributed by atoms with Crippen molar-refractivity contribution >= 4 is 41.6 Å². The second-order valence-electron chi connectivity index (χ2n) is 7.15. The van der Waals surface area contributed by atoms with Crippen LogP contribution in [0.5, 0.6) is 0 Å². The van der Waals surface area contributed by atoms with Crippen molar-refractivity contribution in [3.05, 3.63) is 29.8 Å². The molecule has 0 atom stereocenters. The number of carbonyl (C=O) groups is 1. The Hall–Kier alpha value is -1.51. The summed E-state index contributed by atoms with van der Waals surface area (Å²) >= 11 is 0. The minimum Gasteiger partial charge on any atom is -0.466 e. The molecule has 1 fully saturated rings. The van der Waals surface area contributed by atoms with E-state index in [1.807, 2.05) is 14.0 Å². The van der Waals surface area contributed by atoms with E-state index in [9.17, 15) is 4.79 Å². The fourth-order valence-corrected chi connectivity index (χ4v) is 3.37. The first-order chi connectivity index (χ1) is 13.0. The number of aliphatic imine (C=N–C) groups is 1. The first kappa shape index (κ1) is 24.5. The van der Waals surface area contributed by atoms with Crippen molar-refractivity contribution in [1.29, 1.82) is 0 Å². The first-order valence-corrected chi connectivity index (χ1v) is 9.93. The molecule has 158 valence electrons. The number of rotatable bonds is 7. The number of ether oxygens (including phenoxy) is 1. The van der Waals surface area contributed by atoms with Crippen molar-refractivity contribution in [2.45, 2.75) is 32.6 Å². The van der Waals surface area contributed by atoms with Gasteiger partial charge < -0.3 is 19.9 Å². The minimum absolute atomic E-state index is 0. The van der Waals surface area contributed by atoms with Crippen LogP contribution in [0.25, 0.3) is 0 Å². The average Bonchev–Trinajstić information content (AvgIpc) is 2.69. The SMILES string of the molecule is CCOC(=O)C1CCN(C(=NC)NCCCc2ccc(N(C)C)cc2)CC1.I. The van der Waals surface area contributed by atoms with E-state index in [0.717, 1.165) is 51.3 Å². The number of hydrogen-bond donors (Lipinski definition) is 1. The molecule has 1 N–H and O–H groups in total. The highest BCUT2D eigenvalue weighted by Crippen LogP contribution is 2.19. The number of likely N-dealkylation sites (tertiary alicyclic amines) is 1. The van der Waals surface area contributed by atoms with Crippen LogP contribution in [0.3, 0.4) is 0 Å². The van der Waals surface area contributed by atoms with Crippen LogP contribution in [-0.2, 0) is 16.0 Å². The zero-order valence-electron chi connectivity index (χ0n) is 17.6. The van der Waals surface area contributed by atoms with Gasteiger partial charge in [-0.1, -0.05) is 12.1 Å². The van der Waals surface area contributed by atoms with Crippen molar-refractivity contribution < 1.29 is 9.53 Å². The number of nitrogens with one attached hydrogen (secondary N) is 1. The topological polar surface area (TPSA) is 57.2 Å². The molecule has 0 aromatic heterocycles. The molecule has 0 radical (unpaired) electrons. The smallest absolute Gasteiger partial charge is 0.309 e. The standard InChI is InChI=1S/C21H34N4O2.HI/c1-5-27-20(26)18-12-15-25(16-13-18)21(22-2)23-14-6-7-17-8-10-19(11-9-17)24(3)4;/h8-11,18H,5-7,12-16H2,1-4H3,(H,22,23);1H. The maximum Gasteiger partial charge on any atom is 0.309 e. The van der Waals surface area contributed by atoms with Crippen molar-refractivity contribution in [1.82, 2.24) is 10.2 Å². The molecule has 0 aliphatic carbocycles. The minimum atomic E-state index is -0.0552. The summed E-state index contributed by atoms with van der Waals surface area (Å²) < 4.78 is 5.14.